The van der Waals surface area contributed by atoms with E-state index in [1.165, 1.54) is 0 Å². The van der Waals surface area contributed by atoms with Gasteiger partial charge in [-0.1, -0.05) is 18.5 Å². The summed E-state index contributed by atoms with van der Waals surface area (Å²) in [5.41, 5.74) is 2.28. The van der Waals surface area contributed by atoms with Crippen LogP contribution in [0.2, 0.25) is 5.02 Å². The van der Waals surface area contributed by atoms with Gasteiger partial charge in [0.15, 0.2) is 0 Å². The molecule has 5 nitrogen and oxygen atoms in total. The molecule has 0 aliphatic heterocycles. The van der Waals surface area contributed by atoms with E-state index in [9.17, 15) is 5.11 Å². The van der Waals surface area contributed by atoms with Crippen molar-refractivity contribution in [3.63, 3.8) is 0 Å². The molecular formula is C13H19ClN4O. The summed E-state index contributed by atoms with van der Waals surface area (Å²) in [6.07, 6.45) is 1.57. The Morgan fingerprint density at radius 1 is 1.42 bits per heavy atom. The third-order valence-electron chi connectivity index (χ3n) is 3.14. The minimum atomic E-state index is -0.824. The van der Waals surface area contributed by atoms with Crippen LogP contribution in [0.5, 0.6) is 0 Å². The van der Waals surface area contributed by atoms with Crippen LogP contribution in [0, 0.1) is 0 Å². The van der Waals surface area contributed by atoms with Crippen molar-refractivity contribution in [3.8, 4) is 0 Å². The van der Waals surface area contributed by atoms with Crippen LogP contribution < -0.4 is 0 Å². The van der Waals surface area contributed by atoms with Gasteiger partial charge in [-0.15, -0.1) is 0 Å². The number of hydrogen-bond acceptors (Lipinski definition) is 3. The number of hydrogen-bond donors (Lipinski definition) is 1. The van der Waals surface area contributed by atoms with E-state index in [0.29, 0.717) is 10.7 Å². The summed E-state index contributed by atoms with van der Waals surface area (Å²) in [5.74, 6) is 0. The van der Waals surface area contributed by atoms with E-state index in [0.717, 1.165) is 17.8 Å². The van der Waals surface area contributed by atoms with Crippen molar-refractivity contribution in [2.24, 2.45) is 7.05 Å². The molecule has 0 aliphatic carbocycles. The lowest BCUT2D eigenvalue weighted by Gasteiger charge is -2.16. The number of nitrogens with zero attached hydrogens (tertiary/aromatic N) is 4. The maximum absolute atomic E-state index is 10.6. The summed E-state index contributed by atoms with van der Waals surface area (Å²) < 4.78 is 3.43. The fourth-order valence-electron chi connectivity index (χ4n) is 2.13. The molecule has 19 heavy (non-hydrogen) atoms. The first-order chi connectivity index (χ1) is 8.95. The number of aromatic nitrogens is 4. The Labute approximate surface area is 117 Å². The Hall–Kier alpha value is -1.33. The molecule has 0 aliphatic rings. The molecule has 0 saturated carbocycles. The van der Waals surface area contributed by atoms with Gasteiger partial charge in [-0.3, -0.25) is 9.36 Å². The van der Waals surface area contributed by atoms with Crippen molar-refractivity contribution >= 4 is 11.6 Å². The summed E-state index contributed by atoms with van der Waals surface area (Å²) in [7, 11) is 1.82. The number of halogens is 1. The lowest BCUT2D eigenvalue weighted by atomic mass is 10.1. The van der Waals surface area contributed by atoms with Gasteiger partial charge in [0.2, 0.25) is 0 Å². The second kappa shape index (κ2) is 5.35. The molecule has 2 aromatic heterocycles. The molecule has 1 N–H and O–H groups in total. The molecule has 2 rings (SSSR count). The fraction of sp³-hybridized carbons (Fsp3) is 0.538. The monoisotopic (exact) mass is 282 g/mol. The number of aryl methyl sites for hydroxylation is 2. The highest BCUT2D eigenvalue weighted by Gasteiger charge is 2.24. The molecule has 0 saturated heterocycles. The van der Waals surface area contributed by atoms with Crippen LogP contribution >= 0.6 is 11.6 Å². The zero-order chi connectivity index (χ0) is 14.2. The van der Waals surface area contributed by atoms with Crippen molar-refractivity contribution in [3.05, 3.63) is 34.4 Å². The van der Waals surface area contributed by atoms with Crippen LogP contribution in [0.3, 0.4) is 0 Å². The Kier molecular flexibility index (Phi) is 3.96. The zero-order valence-corrected chi connectivity index (χ0v) is 12.4. The molecular weight excluding hydrogens is 264 g/mol. The van der Waals surface area contributed by atoms with Gasteiger partial charge in [-0.25, -0.2) is 0 Å². The fourth-order valence-corrected chi connectivity index (χ4v) is 2.36. The van der Waals surface area contributed by atoms with Crippen LogP contribution in [0.25, 0.3) is 0 Å². The largest absolute Gasteiger partial charge is 0.380 e. The first-order valence-corrected chi connectivity index (χ1v) is 6.77. The smallest absolute Gasteiger partial charge is 0.139 e. The van der Waals surface area contributed by atoms with E-state index in [-0.39, 0.29) is 6.04 Å². The van der Waals surface area contributed by atoms with E-state index in [2.05, 4.69) is 10.2 Å². The highest BCUT2D eigenvalue weighted by Crippen LogP contribution is 2.30. The normalized spacial score (nSPS) is 13.2. The molecule has 1 atom stereocenters. The molecule has 0 bridgehead atoms. The van der Waals surface area contributed by atoms with E-state index in [1.807, 2.05) is 33.9 Å². The Morgan fingerprint density at radius 2 is 2.11 bits per heavy atom. The van der Waals surface area contributed by atoms with Crippen LogP contribution in [-0.4, -0.2) is 24.7 Å². The van der Waals surface area contributed by atoms with E-state index >= 15 is 0 Å². The SMILES string of the molecule is CCc1cc(C(O)c2c(Cl)cnn2C(C)C)n(C)n1. The standard InChI is InChI=1S/C13H19ClN4O/c1-5-9-6-11(17(4)16-9)13(19)12-10(14)7-15-18(12)8(2)3/h6-8,13,19H,5H2,1-4H3. The molecule has 0 fully saturated rings. The van der Waals surface area contributed by atoms with Crippen molar-refractivity contribution in [2.45, 2.75) is 39.3 Å². The lowest BCUT2D eigenvalue weighted by molar-refractivity contribution is 0.195. The first-order valence-electron chi connectivity index (χ1n) is 6.39. The highest BCUT2D eigenvalue weighted by atomic mass is 35.5. The van der Waals surface area contributed by atoms with Crippen LogP contribution in [-0.2, 0) is 13.5 Å². The predicted molar refractivity (Wildman–Crippen MR) is 74.3 cm³/mol. The quantitative estimate of drug-likeness (QED) is 0.937. The molecule has 0 radical (unpaired) electrons. The van der Waals surface area contributed by atoms with Crippen LogP contribution in [0.4, 0.5) is 0 Å². The third kappa shape index (κ3) is 2.53. The van der Waals surface area contributed by atoms with Crippen LogP contribution in [0.1, 0.15) is 50.0 Å². The topological polar surface area (TPSA) is 55.9 Å². The maximum atomic E-state index is 10.6. The Morgan fingerprint density at radius 3 is 2.63 bits per heavy atom. The van der Waals surface area contributed by atoms with Crippen molar-refractivity contribution < 1.29 is 5.11 Å². The zero-order valence-electron chi connectivity index (χ0n) is 11.6. The molecule has 0 aromatic carbocycles. The third-order valence-corrected chi connectivity index (χ3v) is 3.44. The predicted octanol–water partition coefficient (Wildman–Crippen LogP) is 2.50. The lowest BCUT2D eigenvalue weighted by Crippen LogP contribution is -2.14. The van der Waals surface area contributed by atoms with Gasteiger partial charge >= 0.3 is 0 Å². The second-order valence-electron chi connectivity index (χ2n) is 4.86. The van der Waals surface area contributed by atoms with E-state index in [4.69, 9.17) is 11.6 Å². The van der Waals surface area contributed by atoms with Crippen LogP contribution in [0.15, 0.2) is 12.3 Å². The average Bonchev–Trinajstić information content (AvgIpc) is 2.91. The number of aliphatic hydroxyl groups is 1. The summed E-state index contributed by atoms with van der Waals surface area (Å²) >= 11 is 6.15. The molecule has 2 aromatic rings. The molecule has 0 spiro atoms. The van der Waals surface area contributed by atoms with Gasteiger partial charge < -0.3 is 5.11 Å². The average molecular weight is 283 g/mol. The molecule has 104 valence electrons. The number of aliphatic hydroxyl groups excluding tert-OH is 1. The summed E-state index contributed by atoms with van der Waals surface area (Å²) in [4.78, 5) is 0. The summed E-state index contributed by atoms with van der Waals surface area (Å²) in [6, 6.07) is 2.04. The Balaban J connectivity index is 2.46. The molecule has 2 heterocycles. The van der Waals surface area contributed by atoms with Gasteiger partial charge in [0.1, 0.15) is 6.10 Å². The van der Waals surface area contributed by atoms with Gasteiger partial charge in [0.05, 0.1) is 28.3 Å². The van der Waals surface area contributed by atoms with Crippen molar-refractivity contribution in [2.75, 3.05) is 0 Å². The second-order valence-corrected chi connectivity index (χ2v) is 5.26. The molecule has 0 amide bonds. The molecule has 1 unspecified atom stereocenters. The maximum Gasteiger partial charge on any atom is 0.139 e. The highest BCUT2D eigenvalue weighted by molar-refractivity contribution is 6.31. The van der Waals surface area contributed by atoms with Gasteiger partial charge in [-0.05, 0) is 26.3 Å². The number of rotatable bonds is 4. The van der Waals surface area contributed by atoms with Crippen molar-refractivity contribution in [1.29, 1.82) is 0 Å². The summed E-state index contributed by atoms with van der Waals surface area (Å²) in [6.45, 7) is 6.03. The van der Waals surface area contributed by atoms with Gasteiger partial charge in [0.25, 0.3) is 0 Å². The summed E-state index contributed by atoms with van der Waals surface area (Å²) in [5, 5.41) is 19.6. The van der Waals surface area contributed by atoms with E-state index < -0.39 is 6.10 Å². The van der Waals surface area contributed by atoms with Gasteiger partial charge in [-0.2, -0.15) is 10.2 Å². The minimum Gasteiger partial charge on any atom is -0.380 e. The first kappa shape index (κ1) is 14.1. The minimum absolute atomic E-state index is 0.135. The van der Waals surface area contributed by atoms with E-state index in [1.54, 1.807) is 15.6 Å². The van der Waals surface area contributed by atoms with Crippen molar-refractivity contribution in [1.82, 2.24) is 19.6 Å². The molecule has 6 heteroatoms. The Bertz CT molecular complexity index is 573. The van der Waals surface area contributed by atoms with Gasteiger partial charge in [0, 0.05) is 13.1 Å².